The molecule has 43 heavy (non-hydrogen) atoms. The molecule has 0 bridgehead atoms. The number of benzene rings is 3. The van der Waals surface area contributed by atoms with Gasteiger partial charge in [-0.1, -0.05) is 60.1 Å². The summed E-state index contributed by atoms with van der Waals surface area (Å²) in [5.74, 6) is -0.385. The van der Waals surface area contributed by atoms with Crippen LogP contribution in [0.25, 0.3) is 6.08 Å². The average molecular weight is 617 g/mol. The van der Waals surface area contributed by atoms with Crippen LogP contribution in [0.3, 0.4) is 0 Å². The number of carbonyl (C=O) groups excluding carboxylic acids is 2. The Morgan fingerprint density at radius 3 is 2.23 bits per heavy atom. The Balaban J connectivity index is 1.48. The number of furan rings is 1. The van der Waals surface area contributed by atoms with E-state index in [1.165, 1.54) is 27.4 Å². The van der Waals surface area contributed by atoms with E-state index in [1.54, 1.807) is 92.7 Å². The van der Waals surface area contributed by atoms with Gasteiger partial charge in [0.1, 0.15) is 11.5 Å². The number of halogens is 1. The van der Waals surface area contributed by atoms with Gasteiger partial charge in [-0.15, -0.1) is 0 Å². The molecule has 5 rings (SSSR count). The van der Waals surface area contributed by atoms with E-state index in [0.717, 1.165) is 5.56 Å². The summed E-state index contributed by atoms with van der Waals surface area (Å²) < 4.78 is 39.9. The fourth-order valence-electron chi connectivity index (χ4n) is 4.80. The van der Waals surface area contributed by atoms with Gasteiger partial charge >= 0.3 is 5.97 Å². The molecule has 0 saturated carbocycles. The van der Waals surface area contributed by atoms with Crippen molar-refractivity contribution in [2.24, 2.45) is 0 Å². The largest absolute Gasteiger partial charge is 0.462 e. The van der Waals surface area contributed by atoms with E-state index in [-0.39, 0.29) is 41.5 Å². The number of sulfonamides is 1. The molecule has 1 aliphatic heterocycles. The Hall–Kier alpha value is -4.44. The second-order valence-electron chi connectivity index (χ2n) is 9.73. The summed E-state index contributed by atoms with van der Waals surface area (Å²) >= 11 is 6.04. The zero-order valence-corrected chi connectivity index (χ0v) is 25.1. The lowest BCUT2D eigenvalue weighted by molar-refractivity contribution is -0.138. The lowest BCUT2D eigenvalue weighted by atomic mass is 10.1. The van der Waals surface area contributed by atoms with Crippen molar-refractivity contribution in [1.82, 2.24) is 4.31 Å². The Morgan fingerprint density at radius 2 is 1.58 bits per heavy atom. The third kappa shape index (κ3) is 6.49. The summed E-state index contributed by atoms with van der Waals surface area (Å²) in [6, 6.07) is 27.4. The number of rotatable bonds is 10. The number of ether oxygens (including phenoxy) is 1. The maximum atomic E-state index is 13.7. The van der Waals surface area contributed by atoms with E-state index in [4.69, 9.17) is 20.8 Å². The molecule has 220 valence electrons. The van der Waals surface area contributed by atoms with Crippen LogP contribution in [0.4, 0.5) is 5.69 Å². The monoisotopic (exact) mass is 616 g/mol. The average Bonchev–Trinajstić information content (AvgIpc) is 3.55. The number of nitrogens with zero attached hydrogens (tertiary/aromatic N) is 2. The van der Waals surface area contributed by atoms with Gasteiger partial charge in [0, 0.05) is 23.0 Å². The molecule has 0 N–H and O–H groups in total. The summed E-state index contributed by atoms with van der Waals surface area (Å²) in [6.45, 7) is 3.53. The van der Waals surface area contributed by atoms with Crippen LogP contribution in [-0.4, -0.2) is 31.2 Å². The van der Waals surface area contributed by atoms with Crippen LogP contribution < -0.4 is 4.90 Å². The van der Waals surface area contributed by atoms with Crippen LogP contribution >= 0.6 is 11.6 Å². The molecular weight excluding hydrogens is 588 g/mol. The molecule has 0 fully saturated rings. The Labute approximate surface area is 255 Å². The van der Waals surface area contributed by atoms with E-state index >= 15 is 0 Å². The fourth-order valence-corrected chi connectivity index (χ4v) is 6.34. The number of carbonyl (C=O) groups is 2. The Kier molecular flexibility index (Phi) is 8.96. The van der Waals surface area contributed by atoms with E-state index < -0.39 is 21.9 Å². The maximum Gasteiger partial charge on any atom is 0.340 e. The number of amides is 1. The first-order chi connectivity index (χ1) is 20.7. The maximum absolute atomic E-state index is 13.7. The highest BCUT2D eigenvalue weighted by Gasteiger charge is 2.38. The molecular formula is C33H29ClN2O6S. The summed E-state index contributed by atoms with van der Waals surface area (Å²) in [4.78, 5) is 28.2. The van der Waals surface area contributed by atoms with Crippen LogP contribution in [0, 0.1) is 0 Å². The highest BCUT2D eigenvalue weighted by atomic mass is 35.5. The zero-order chi connectivity index (χ0) is 30.6. The molecule has 0 radical (unpaired) electrons. The highest BCUT2D eigenvalue weighted by molar-refractivity contribution is 7.89. The van der Waals surface area contributed by atoms with Gasteiger partial charge in [0.2, 0.25) is 10.0 Å². The number of anilines is 1. The first-order valence-electron chi connectivity index (χ1n) is 13.6. The molecule has 3 aromatic carbocycles. The minimum absolute atomic E-state index is 0.0744. The highest BCUT2D eigenvalue weighted by Crippen LogP contribution is 2.35. The SMILES string of the molecule is CCOC(=O)C1=C(C)N(c2ccccc2)C(=O)/C1=C/c1ccc(CN(Cc2ccc(Cl)cc2)S(=O)(=O)c2ccccc2)o1. The van der Waals surface area contributed by atoms with Crippen molar-refractivity contribution >= 4 is 45.3 Å². The van der Waals surface area contributed by atoms with Gasteiger partial charge in [-0.25, -0.2) is 13.2 Å². The van der Waals surface area contributed by atoms with E-state index in [2.05, 4.69) is 0 Å². The second kappa shape index (κ2) is 12.8. The quantitative estimate of drug-likeness (QED) is 0.147. The summed E-state index contributed by atoms with van der Waals surface area (Å²) in [5, 5.41) is 0.545. The van der Waals surface area contributed by atoms with Crippen LogP contribution in [0.1, 0.15) is 30.9 Å². The summed E-state index contributed by atoms with van der Waals surface area (Å²) in [7, 11) is -3.91. The van der Waals surface area contributed by atoms with Crippen LogP contribution in [-0.2, 0) is 37.4 Å². The van der Waals surface area contributed by atoms with Gasteiger partial charge in [0.15, 0.2) is 0 Å². The van der Waals surface area contributed by atoms with Gasteiger partial charge < -0.3 is 9.15 Å². The van der Waals surface area contributed by atoms with Gasteiger partial charge in [-0.2, -0.15) is 4.31 Å². The predicted molar refractivity (Wildman–Crippen MR) is 164 cm³/mol. The fraction of sp³-hybridized carbons (Fsp3) is 0.152. The standard InChI is InChI=1S/C33H29ClN2O6S/c1-3-41-33(38)31-23(2)36(26-10-6-4-7-11-26)32(37)30(31)20-27-18-19-28(42-27)22-35(21-24-14-16-25(34)17-15-24)43(39,40)29-12-8-5-9-13-29/h4-20H,3,21-22H2,1-2H3/b30-20+. The molecule has 8 nitrogen and oxygen atoms in total. The number of esters is 1. The molecule has 0 atom stereocenters. The smallest absolute Gasteiger partial charge is 0.340 e. The van der Waals surface area contributed by atoms with Gasteiger partial charge in [-0.05, 0) is 74.0 Å². The first-order valence-corrected chi connectivity index (χ1v) is 15.4. The lowest BCUT2D eigenvalue weighted by Crippen LogP contribution is -2.30. The second-order valence-corrected chi connectivity index (χ2v) is 12.1. The lowest BCUT2D eigenvalue weighted by Gasteiger charge is -2.21. The predicted octanol–water partition coefficient (Wildman–Crippen LogP) is 6.59. The minimum Gasteiger partial charge on any atom is -0.462 e. The number of hydrogen-bond donors (Lipinski definition) is 0. The molecule has 1 amide bonds. The molecule has 0 aliphatic carbocycles. The Bertz CT molecular complexity index is 1800. The molecule has 4 aromatic rings. The van der Waals surface area contributed by atoms with Crippen molar-refractivity contribution in [3.8, 4) is 0 Å². The zero-order valence-electron chi connectivity index (χ0n) is 23.6. The number of hydrogen-bond acceptors (Lipinski definition) is 6. The van der Waals surface area contributed by atoms with Crippen molar-refractivity contribution in [1.29, 1.82) is 0 Å². The van der Waals surface area contributed by atoms with Crippen molar-refractivity contribution < 1.29 is 27.2 Å². The van der Waals surface area contributed by atoms with Crippen molar-refractivity contribution in [3.63, 3.8) is 0 Å². The van der Waals surface area contributed by atoms with E-state index in [1.807, 2.05) is 6.07 Å². The van der Waals surface area contributed by atoms with E-state index in [9.17, 15) is 18.0 Å². The molecule has 2 heterocycles. The summed E-state index contributed by atoms with van der Waals surface area (Å²) in [6.07, 6.45) is 1.49. The molecule has 10 heteroatoms. The molecule has 0 saturated heterocycles. The van der Waals surface area contributed by atoms with Crippen molar-refractivity contribution in [2.45, 2.75) is 31.8 Å². The topological polar surface area (TPSA) is 97.1 Å². The van der Waals surface area contributed by atoms with Crippen LogP contribution in [0.5, 0.6) is 0 Å². The molecule has 1 aromatic heterocycles. The van der Waals surface area contributed by atoms with E-state index in [0.29, 0.717) is 22.2 Å². The third-order valence-corrected chi connectivity index (χ3v) is 8.91. The molecule has 0 spiro atoms. The minimum atomic E-state index is -3.91. The first kappa shape index (κ1) is 30.0. The third-order valence-electron chi connectivity index (χ3n) is 6.85. The number of allylic oxidation sites excluding steroid dienone is 1. The number of para-hydroxylation sites is 1. The molecule has 1 aliphatic rings. The van der Waals surface area contributed by atoms with Gasteiger partial charge in [-0.3, -0.25) is 9.69 Å². The normalized spacial score (nSPS) is 14.7. The van der Waals surface area contributed by atoms with Crippen molar-refractivity contribution in [2.75, 3.05) is 11.5 Å². The van der Waals surface area contributed by atoms with Crippen molar-refractivity contribution in [3.05, 3.63) is 136 Å². The van der Waals surface area contributed by atoms with Crippen LogP contribution in [0.15, 0.2) is 123 Å². The van der Waals surface area contributed by atoms with Gasteiger partial charge in [0.25, 0.3) is 5.91 Å². The summed E-state index contributed by atoms with van der Waals surface area (Å²) in [5.41, 5.74) is 2.06. The van der Waals surface area contributed by atoms with Gasteiger partial charge in [0.05, 0.1) is 29.2 Å². The Morgan fingerprint density at radius 1 is 0.930 bits per heavy atom. The molecule has 0 unspecified atom stereocenters. The van der Waals surface area contributed by atoms with Crippen LogP contribution in [0.2, 0.25) is 5.02 Å².